The van der Waals surface area contributed by atoms with E-state index in [1.807, 2.05) is 0 Å². The summed E-state index contributed by atoms with van der Waals surface area (Å²) < 4.78 is 45.6. The van der Waals surface area contributed by atoms with Gasteiger partial charge in [-0.25, -0.2) is 12.8 Å². The van der Waals surface area contributed by atoms with Crippen LogP contribution in [0.25, 0.3) is 0 Å². The molecule has 2 saturated heterocycles. The van der Waals surface area contributed by atoms with E-state index >= 15 is 0 Å². The topological polar surface area (TPSA) is 75.7 Å². The molecule has 1 amide bonds. The van der Waals surface area contributed by atoms with E-state index in [1.54, 1.807) is 0 Å². The molecule has 0 radical (unpaired) electrons. The Hall–Kier alpha value is -1.67. The van der Waals surface area contributed by atoms with E-state index in [-0.39, 0.29) is 35.1 Å². The zero-order chi connectivity index (χ0) is 16.6. The van der Waals surface area contributed by atoms with E-state index < -0.39 is 15.8 Å². The van der Waals surface area contributed by atoms with Gasteiger partial charge in [0.05, 0.1) is 7.11 Å². The summed E-state index contributed by atoms with van der Waals surface area (Å²) in [6, 6.07) is 3.25. The Morgan fingerprint density at radius 3 is 2.87 bits per heavy atom. The highest BCUT2D eigenvalue weighted by Crippen LogP contribution is 2.33. The van der Waals surface area contributed by atoms with Gasteiger partial charge in [0, 0.05) is 25.6 Å². The van der Waals surface area contributed by atoms with Crippen molar-refractivity contribution in [2.75, 3.05) is 20.2 Å². The van der Waals surface area contributed by atoms with Gasteiger partial charge in [-0.05, 0) is 37.0 Å². The molecule has 2 fully saturated rings. The molecule has 8 heteroatoms. The van der Waals surface area contributed by atoms with Crippen molar-refractivity contribution in [3.05, 3.63) is 24.0 Å². The number of sulfonamides is 1. The van der Waals surface area contributed by atoms with Crippen LogP contribution in [0.1, 0.15) is 19.3 Å². The Kier molecular flexibility index (Phi) is 4.29. The first-order valence-electron chi connectivity index (χ1n) is 7.55. The largest absolute Gasteiger partial charge is 0.495 e. The van der Waals surface area contributed by atoms with Crippen LogP contribution in [0.2, 0.25) is 0 Å². The quantitative estimate of drug-likeness (QED) is 0.893. The summed E-state index contributed by atoms with van der Waals surface area (Å²) in [5, 5.41) is 2.88. The van der Waals surface area contributed by atoms with Crippen molar-refractivity contribution < 1.29 is 22.3 Å². The molecule has 0 unspecified atom stereocenters. The third-order valence-corrected chi connectivity index (χ3v) is 6.33. The summed E-state index contributed by atoms with van der Waals surface area (Å²) in [4.78, 5) is 11.5. The normalized spacial score (nSPS) is 25.6. The first-order chi connectivity index (χ1) is 10.9. The van der Waals surface area contributed by atoms with Gasteiger partial charge in [0.1, 0.15) is 16.5 Å². The molecule has 0 aliphatic carbocycles. The molecule has 1 aromatic rings. The van der Waals surface area contributed by atoms with Crippen LogP contribution in [0, 0.1) is 11.7 Å². The highest BCUT2D eigenvalue weighted by atomic mass is 32.2. The van der Waals surface area contributed by atoms with Crippen molar-refractivity contribution in [2.45, 2.75) is 30.2 Å². The predicted molar refractivity (Wildman–Crippen MR) is 81.0 cm³/mol. The maximum Gasteiger partial charge on any atom is 0.246 e. The predicted octanol–water partition coefficient (Wildman–Crippen LogP) is 1.12. The number of nitrogens with one attached hydrogen (secondary N) is 1. The van der Waals surface area contributed by atoms with E-state index in [0.29, 0.717) is 13.0 Å². The smallest absolute Gasteiger partial charge is 0.246 e. The van der Waals surface area contributed by atoms with E-state index in [0.717, 1.165) is 25.0 Å². The van der Waals surface area contributed by atoms with Crippen molar-refractivity contribution in [3.8, 4) is 5.75 Å². The lowest BCUT2D eigenvalue weighted by Gasteiger charge is -2.18. The number of fused-ring (bicyclic) bond motifs is 1. The van der Waals surface area contributed by atoms with Gasteiger partial charge in [-0.2, -0.15) is 4.31 Å². The Balaban J connectivity index is 1.90. The molecule has 1 aromatic carbocycles. The highest BCUT2D eigenvalue weighted by molar-refractivity contribution is 7.89. The Morgan fingerprint density at radius 1 is 1.35 bits per heavy atom. The van der Waals surface area contributed by atoms with Crippen LogP contribution in [0.15, 0.2) is 23.1 Å². The number of halogens is 1. The van der Waals surface area contributed by atoms with Gasteiger partial charge in [0.15, 0.2) is 0 Å². The molecule has 0 spiro atoms. The Bertz CT molecular complexity index is 722. The van der Waals surface area contributed by atoms with E-state index in [4.69, 9.17) is 4.74 Å². The third-order valence-electron chi connectivity index (χ3n) is 4.48. The molecule has 6 nitrogen and oxygen atoms in total. The van der Waals surface area contributed by atoms with Gasteiger partial charge in [0.25, 0.3) is 0 Å². The number of rotatable bonds is 3. The monoisotopic (exact) mass is 342 g/mol. The minimum Gasteiger partial charge on any atom is -0.495 e. The molecule has 0 aromatic heterocycles. The zero-order valence-corrected chi connectivity index (χ0v) is 13.6. The number of methoxy groups -OCH3 is 1. The zero-order valence-electron chi connectivity index (χ0n) is 12.8. The fourth-order valence-electron chi connectivity index (χ4n) is 3.28. The first kappa shape index (κ1) is 16.2. The van der Waals surface area contributed by atoms with E-state index in [2.05, 4.69) is 5.32 Å². The van der Waals surface area contributed by atoms with Crippen LogP contribution in [0.4, 0.5) is 4.39 Å². The number of nitrogens with zero attached hydrogens (tertiary/aromatic N) is 1. The van der Waals surface area contributed by atoms with Crippen LogP contribution in [-0.4, -0.2) is 44.9 Å². The van der Waals surface area contributed by atoms with Crippen LogP contribution in [0.3, 0.4) is 0 Å². The average Bonchev–Trinajstić information content (AvgIpc) is 2.83. The van der Waals surface area contributed by atoms with Crippen molar-refractivity contribution in [1.82, 2.24) is 9.62 Å². The molecule has 1 N–H and O–H groups in total. The van der Waals surface area contributed by atoms with Gasteiger partial charge in [-0.1, -0.05) is 0 Å². The molecular formula is C15H19FN2O4S. The lowest BCUT2D eigenvalue weighted by molar-refractivity contribution is -0.121. The number of carbonyl (C=O) groups excluding carboxylic acids is 1. The summed E-state index contributed by atoms with van der Waals surface area (Å²) in [5.41, 5.74) is 0. The molecule has 23 heavy (non-hydrogen) atoms. The summed E-state index contributed by atoms with van der Waals surface area (Å²) in [6.07, 6.45) is 2.04. The number of benzene rings is 1. The number of hydrogen-bond donors (Lipinski definition) is 1. The third kappa shape index (κ3) is 3.05. The van der Waals surface area contributed by atoms with Gasteiger partial charge >= 0.3 is 0 Å². The van der Waals surface area contributed by atoms with Crippen LogP contribution in [-0.2, 0) is 14.8 Å². The van der Waals surface area contributed by atoms with Gasteiger partial charge in [-0.3, -0.25) is 4.79 Å². The fourth-order valence-corrected chi connectivity index (χ4v) is 4.97. The number of carbonyl (C=O) groups is 1. The molecule has 0 saturated carbocycles. The van der Waals surface area contributed by atoms with Gasteiger partial charge in [-0.15, -0.1) is 0 Å². The van der Waals surface area contributed by atoms with Gasteiger partial charge in [0.2, 0.25) is 15.9 Å². The maximum atomic E-state index is 13.5. The Morgan fingerprint density at radius 2 is 2.13 bits per heavy atom. The molecule has 2 aliphatic rings. The molecular weight excluding hydrogens is 323 g/mol. The van der Waals surface area contributed by atoms with Crippen LogP contribution >= 0.6 is 0 Å². The number of amides is 1. The second-order valence-electron chi connectivity index (χ2n) is 5.94. The molecule has 126 valence electrons. The summed E-state index contributed by atoms with van der Waals surface area (Å²) in [5.74, 6) is -0.468. The second-order valence-corrected chi connectivity index (χ2v) is 7.85. The van der Waals surface area contributed by atoms with Crippen molar-refractivity contribution in [2.24, 2.45) is 5.92 Å². The molecule has 2 atom stereocenters. The van der Waals surface area contributed by atoms with Crippen molar-refractivity contribution in [3.63, 3.8) is 0 Å². The SMILES string of the molecule is COc1ccc(F)cc1S(=O)(=O)N1C[C@H]2CCCC(=O)N[C@H]2C1. The van der Waals surface area contributed by atoms with Crippen LogP contribution < -0.4 is 10.1 Å². The second kappa shape index (κ2) is 6.09. The van der Waals surface area contributed by atoms with Crippen molar-refractivity contribution >= 4 is 15.9 Å². The fraction of sp³-hybridized carbons (Fsp3) is 0.533. The highest BCUT2D eigenvalue weighted by Gasteiger charge is 2.41. The lowest BCUT2D eigenvalue weighted by atomic mass is 9.99. The summed E-state index contributed by atoms with van der Waals surface area (Å²) in [7, 11) is -2.53. The standard InChI is InChI=1S/C15H19FN2O4S/c1-22-13-6-5-11(16)7-14(13)23(20,21)18-8-10-3-2-4-15(19)17-12(10)9-18/h5-7,10,12H,2-4,8-9H2,1H3,(H,17,19)/t10-,12+/m1/s1. The number of hydrogen-bond acceptors (Lipinski definition) is 4. The van der Waals surface area contributed by atoms with E-state index in [1.165, 1.54) is 17.5 Å². The van der Waals surface area contributed by atoms with Crippen LogP contribution in [0.5, 0.6) is 5.75 Å². The number of ether oxygens (including phenoxy) is 1. The maximum absolute atomic E-state index is 13.5. The molecule has 3 rings (SSSR count). The van der Waals surface area contributed by atoms with E-state index in [9.17, 15) is 17.6 Å². The minimum atomic E-state index is -3.87. The first-order valence-corrected chi connectivity index (χ1v) is 8.99. The summed E-state index contributed by atoms with van der Waals surface area (Å²) >= 11 is 0. The molecule has 0 bridgehead atoms. The Labute approximate surface area is 134 Å². The van der Waals surface area contributed by atoms with Gasteiger partial charge < -0.3 is 10.1 Å². The summed E-state index contributed by atoms with van der Waals surface area (Å²) in [6.45, 7) is 0.533. The minimum absolute atomic E-state index is 0.0416. The molecule has 2 heterocycles. The van der Waals surface area contributed by atoms with Crippen molar-refractivity contribution in [1.29, 1.82) is 0 Å². The average molecular weight is 342 g/mol. The lowest BCUT2D eigenvalue weighted by Crippen LogP contribution is -2.39. The molecule has 2 aliphatic heterocycles.